The van der Waals surface area contributed by atoms with Crippen LogP contribution in [-0.2, 0) is 16.0 Å². The van der Waals surface area contributed by atoms with E-state index >= 15 is 0 Å². The number of H-pyrrole nitrogens is 1. The molecule has 0 aliphatic carbocycles. The highest BCUT2D eigenvalue weighted by Gasteiger charge is 2.14. The average molecular weight is 445 g/mol. The summed E-state index contributed by atoms with van der Waals surface area (Å²) in [5.41, 5.74) is 5.23. The molecule has 3 N–H and O–H groups in total. The van der Waals surface area contributed by atoms with E-state index < -0.39 is 11.9 Å². The number of unbranched alkanes of at least 4 members (excludes halogenated alkanes) is 3. The molecule has 3 rings (SSSR count). The number of nitrogens with one attached hydrogen (secondary N) is 1. The molecule has 6 heteroatoms. The van der Waals surface area contributed by atoms with Gasteiger partial charge in [0.1, 0.15) is 5.82 Å². The molecule has 0 saturated heterocycles. The van der Waals surface area contributed by atoms with Gasteiger partial charge in [0.25, 0.3) is 0 Å². The second-order valence-corrected chi connectivity index (χ2v) is 7.80. The van der Waals surface area contributed by atoms with Crippen LogP contribution in [0.15, 0.2) is 60.7 Å². The molecule has 170 valence electrons. The Morgan fingerprint density at radius 1 is 0.818 bits per heavy atom. The Labute approximate surface area is 193 Å². The van der Waals surface area contributed by atoms with Crippen molar-refractivity contribution >= 4 is 24.1 Å². The number of nitrogens with zero attached hydrogens (tertiary/aromatic N) is 1. The molecule has 6 nitrogen and oxygen atoms in total. The topological polar surface area (TPSA) is 103 Å². The lowest BCUT2D eigenvalue weighted by atomic mass is 10.0. The maximum absolute atomic E-state index is 10.8. The molecular weight excluding hydrogens is 416 g/mol. The number of aliphatic carboxylic acids is 2. The third-order valence-electron chi connectivity index (χ3n) is 5.24. The summed E-state index contributed by atoms with van der Waals surface area (Å²) in [6.45, 7) is 2.19. The van der Waals surface area contributed by atoms with Gasteiger partial charge in [0.15, 0.2) is 0 Å². The molecule has 0 fully saturated rings. The minimum absolute atomic E-state index is 0.799. The van der Waals surface area contributed by atoms with E-state index in [0.717, 1.165) is 70.9 Å². The van der Waals surface area contributed by atoms with E-state index in [1.54, 1.807) is 12.2 Å². The number of benzene rings is 2. The summed E-state index contributed by atoms with van der Waals surface area (Å²) in [5.74, 6) is -1.03. The number of hydrogen-bond donors (Lipinski definition) is 3. The van der Waals surface area contributed by atoms with Gasteiger partial charge in [0.05, 0.1) is 11.4 Å². The first kappa shape index (κ1) is 23.7. The van der Waals surface area contributed by atoms with Crippen molar-refractivity contribution in [2.24, 2.45) is 0 Å². The molecule has 0 aliphatic heterocycles. The molecule has 0 amide bonds. The lowest BCUT2D eigenvalue weighted by Gasteiger charge is -2.05. The van der Waals surface area contributed by atoms with Gasteiger partial charge in [-0.05, 0) is 29.7 Å². The highest BCUT2D eigenvalue weighted by molar-refractivity contribution is 5.86. The molecule has 0 unspecified atom stereocenters. The Kier molecular flexibility index (Phi) is 8.36. The van der Waals surface area contributed by atoms with Gasteiger partial charge in [0.2, 0.25) is 0 Å². The Bertz CT molecular complexity index is 1050. The smallest absolute Gasteiger partial charge is 0.328 e. The SMILES string of the molecule is CCCCCCc1nc(-c2ccc(C=CC(=O)O)cc2)c(-c2ccc(C=CC(=O)O)cc2)[nH]1. The van der Waals surface area contributed by atoms with Crippen molar-refractivity contribution < 1.29 is 19.8 Å². The fraction of sp³-hybridized carbons (Fsp3) is 0.222. The number of imidazole rings is 1. The molecule has 1 aromatic heterocycles. The maximum Gasteiger partial charge on any atom is 0.328 e. The number of aryl methyl sites for hydroxylation is 1. The molecule has 0 spiro atoms. The van der Waals surface area contributed by atoms with E-state index in [4.69, 9.17) is 15.2 Å². The zero-order chi connectivity index (χ0) is 23.6. The molecule has 0 radical (unpaired) electrons. The maximum atomic E-state index is 10.8. The number of carboxylic acid groups (broad SMARTS) is 2. The second-order valence-electron chi connectivity index (χ2n) is 7.80. The molecule has 0 aliphatic rings. The van der Waals surface area contributed by atoms with Gasteiger partial charge in [-0.15, -0.1) is 0 Å². The van der Waals surface area contributed by atoms with Gasteiger partial charge in [-0.3, -0.25) is 0 Å². The normalized spacial score (nSPS) is 11.4. The van der Waals surface area contributed by atoms with Crippen molar-refractivity contribution in [2.45, 2.75) is 39.0 Å². The first-order valence-corrected chi connectivity index (χ1v) is 11.1. The summed E-state index contributed by atoms with van der Waals surface area (Å²) in [4.78, 5) is 29.9. The number of carboxylic acids is 2. The molecule has 33 heavy (non-hydrogen) atoms. The fourth-order valence-electron chi connectivity index (χ4n) is 3.53. The molecule has 0 saturated carbocycles. The van der Waals surface area contributed by atoms with Crippen molar-refractivity contribution in [3.05, 3.63) is 77.6 Å². The van der Waals surface area contributed by atoms with E-state index in [1.807, 2.05) is 48.5 Å². The van der Waals surface area contributed by atoms with E-state index in [-0.39, 0.29) is 0 Å². The van der Waals surface area contributed by atoms with Crippen LogP contribution in [0.3, 0.4) is 0 Å². The number of aromatic nitrogens is 2. The number of aromatic amines is 1. The second kappa shape index (κ2) is 11.6. The zero-order valence-electron chi connectivity index (χ0n) is 18.6. The van der Waals surface area contributed by atoms with Gasteiger partial charge < -0.3 is 15.2 Å². The molecule has 2 aromatic carbocycles. The van der Waals surface area contributed by atoms with Crippen molar-refractivity contribution in [3.8, 4) is 22.5 Å². The number of carbonyl (C=O) groups is 2. The molecule has 3 aromatic rings. The Hall–Kier alpha value is -3.93. The lowest BCUT2D eigenvalue weighted by molar-refractivity contribution is -0.132. The van der Waals surface area contributed by atoms with Crippen LogP contribution in [0, 0.1) is 0 Å². The molecule has 1 heterocycles. The summed E-state index contributed by atoms with van der Waals surface area (Å²) in [6.07, 6.45) is 10.8. The standard InChI is InChI=1S/C27H28N2O4/c1-2-3-4-5-6-23-28-26(21-13-7-19(8-14-21)11-17-24(30)31)27(29-23)22-15-9-20(10-16-22)12-18-25(32)33/h7-18H,2-6H2,1H3,(H,28,29)(H,30,31)(H,32,33). The van der Waals surface area contributed by atoms with Gasteiger partial charge in [-0.25, -0.2) is 14.6 Å². The van der Waals surface area contributed by atoms with E-state index in [9.17, 15) is 9.59 Å². The third kappa shape index (κ3) is 7.04. The van der Waals surface area contributed by atoms with Crippen LogP contribution in [0.1, 0.15) is 49.6 Å². The largest absolute Gasteiger partial charge is 0.478 e. The van der Waals surface area contributed by atoms with E-state index in [1.165, 1.54) is 12.8 Å². The molecule has 0 bridgehead atoms. The number of rotatable bonds is 11. The van der Waals surface area contributed by atoms with Gasteiger partial charge in [0, 0.05) is 29.7 Å². The number of hydrogen-bond acceptors (Lipinski definition) is 3. The molecular formula is C27H28N2O4. The molecule has 0 atom stereocenters. The summed E-state index contributed by atoms with van der Waals surface area (Å²) < 4.78 is 0. The van der Waals surface area contributed by atoms with Crippen molar-refractivity contribution in [2.75, 3.05) is 0 Å². The van der Waals surface area contributed by atoms with E-state index in [0.29, 0.717) is 0 Å². The summed E-state index contributed by atoms with van der Waals surface area (Å²) in [5, 5.41) is 17.6. The minimum atomic E-state index is -0.983. The van der Waals surface area contributed by atoms with Gasteiger partial charge in [-0.1, -0.05) is 74.7 Å². The van der Waals surface area contributed by atoms with Crippen LogP contribution < -0.4 is 0 Å². The quantitative estimate of drug-likeness (QED) is 0.246. The predicted molar refractivity (Wildman–Crippen MR) is 131 cm³/mol. The predicted octanol–water partition coefficient (Wildman–Crippen LogP) is 6.06. The van der Waals surface area contributed by atoms with E-state index in [2.05, 4.69) is 11.9 Å². The Morgan fingerprint density at radius 2 is 1.36 bits per heavy atom. The third-order valence-corrected chi connectivity index (χ3v) is 5.24. The van der Waals surface area contributed by atoms with Crippen LogP contribution in [0.2, 0.25) is 0 Å². The lowest BCUT2D eigenvalue weighted by Crippen LogP contribution is -1.89. The summed E-state index contributed by atoms with van der Waals surface area (Å²) in [7, 11) is 0. The minimum Gasteiger partial charge on any atom is -0.478 e. The fourth-order valence-corrected chi connectivity index (χ4v) is 3.53. The summed E-state index contributed by atoms with van der Waals surface area (Å²) in [6, 6.07) is 15.3. The highest BCUT2D eigenvalue weighted by atomic mass is 16.4. The highest BCUT2D eigenvalue weighted by Crippen LogP contribution is 2.31. The zero-order valence-corrected chi connectivity index (χ0v) is 18.6. The first-order valence-electron chi connectivity index (χ1n) is 11.1. The van der Waals surface area contributed by atoms with Crippen molar-refractivity contribution in [1.29, 1.82) is 0 Å². The van der Waals surface area contributed by atoms with Crippen LogP contribution in [0.25, 0.3) is 34.7 Å². The van der Waals surface area contributed by atoms with Crippen LogP contribution >= 0.6 is 0 Å². The van der Waals surface area contributed by atoms with Crippen molar-refractivity contribution in [1.82, 2.24) is 9.97 Å². The van der Waals surface area contributed by atoms with Crippen LogP contribution in [-0.4, -0.2) is 32.1 Å². The van der Waals surface area contributed by atoms with Gasteiger partial charge >= 0.3 is 11.9 Å². The Balaban J connectivity index is 1.92. The van der Waals surface area contributed by atoms with Crippen LogP contribution in [0.4, 0.5) is 0 Å². The average Bonchev–Trinajstić information content (AvgIpc) is 3.24. The summed E-state index contributed by atoms with van der Waals surface area (Å²) >= 11 is 0. The first-order chi connectivity index (χ1) is 16.0. The van der Waals surface area contributed by atoms with Crippen LogP contribution in [0.5, 0.6) is 0 Å². The van der Waals surface area contributed by atoms with Crippen molar-refractivity contribution in [3.63, 3.8) is 0 Å². The monoisotopic (exact) mass is 444 g/mol. The Morgan fingerprint density at radius 3 is 1.88 bits per heavy atom. The van der Waals surface area contributed by atoms with Gasteiger partial charge in [-0.2, -0.15) is 0 Å².